The van der Waals surface area contributed by atoms with Crippen LogP contribution in [-0.2, 0) is 14.3 Å². The second-order valence-electron chi connectivity index (χ2n) is 5.21. The third-order valence-corrected chi connectivity index (χ3v) is 3.57. The summed E-state index contributed by atoms with van der Waals surface area (Å²) in [6, 6.07) is 3.12. The molecule has 0 aliphatic carbocycles. The highest BCUT2D eigenvalue weighted by molar-refractivity contribution is 5.97. The number of benzene rings is 1. The molecule has 1 aromatic rings. The van der Waals surface area contributed by atoms with E-state index in [1.807, 2.05) is 4.90 Å². The van der Waals surface area contributed by atoms with Crippen LogP contribution in [0.5, 0.6) is 0 Å². The van der Waals surface area contributed by atoms with Gasteiger partial charge < -0.3 is 19.7 Å². The quantitative estimate of drug-likeness (QED) is 0.826. The number of nitrogens with zero attached hydrogens (tertiary/aromatic N) is 1. The molecule has 1 heterocycles. The Morgan fingerprint density at radius 1 is 1.35 bits per heavy atom. The number of anilines is 1. The van der Waals surface area contributed by atoms with Crippen LogP contribution < -0.4 is 10.2 Å². The first-order chi connectivity index (χ1) is 11.0. The van der Waals surface area contributed by atoms with Gasteiger partial charge in [0.2, 0.25) is 0 Å². The van der Waals surface area contributed by atoms with Gasteiger partial charge in [-0.3, -0.25) is 9.59 Å². The van der Waals surface area contributed by atoms with Gasteiger partial charge in [-0.25, -0.2) is 4.39 Å². The first-order valence-electron chi connectivity index (χ1n) is 7.59. The van der Waals surface area contributed by atoms with Crippen molar-refractivity contribution in [3.63, 3.8) is 0 Å². The minimum Gasteiger partial charge on any atom is -0.465 e. The van der Waals surface area contributed by atoms with Gasteiger partial charge in [0.15, 0.2) is 0 Å². The van der Waals surface area contributed by atoms with Crippen molar-refractivity contribution in [3.8, 4) is 0 Å². The fourth-order valence-electron chi connectivity index (χ4n) is 2.47. The number of hydrogen-bond donors (Lipinski definition) is 1. The zero-order chi connectivity index (χ0) is 16.8. The highest BCUT2D eigenvalue weighted by Crippen LogP contribution is 2.23. The smallest absolute Gasteiger partial charge is 0.325 e. The number of morpholine rings is 1. The predicted octanol–water partition coefficient (Wildman–Crippen LogP) is 1.26. The average molecular weight is 324 g/mol. The zero-order valence-corrected chi connectivity index (χ0v) is 13.4. The van der Waals surface area contributed by atoms with Crippen molar-refractivity contribution in [3.05, 3.63) is 29.1 Å². The largest absolute Gasteiger partial charge is 0.465 e. The SMILES string of the molecule is CCOC(=O)CNC(=O)c1c(C)cc(N2CCOCC2)cc1F. The number of carbonyl (C=O) groups excluding carboxylic acids is 2. The Labute approximate surface area is 134 Å². The second-order valence-corrected chi connectivity index (χ2v) is 5.21. The van der Waals surface area contributed by atoms with Crippen molar-refractivity contribution in [2.75, 3.05) is 44.4 Å². The predicted molar refractivity (Wildman–Crippen MR) is 83.1 cm³/mol. The lowest BCUT2D eigenvalue weighted by Gasteiger charge is -2.29. The minimum atomic E-state index is -0.624. The fourth-order valence-corrected chi connectivity index (χ4v) is 2.47. The number of aryl methyl sites for hydroxylation is 1. The van der Waals surface area contributed by atoms with Crippen LogP contribution in [0.3, 0.4) is 0 Å². The van der Waals surface area contributed by atoms with E-state index in [4.69, 9.17) is 9.47 Å². The molecule has 0 unspecified atom stereocenters. The molecule has 1 aliphatic heterocycles. The van der Waals surface area contributed by atoms with Crippen molar-refractivity contribution in [1.29, 1.82) is 0 Å². The summed E-state index contributed by atoms with van der Waals surface area (Å²) in [5, 5.41) is 2.38. The molecule has 1 saturated heterocycles. The van der Waals surface area contributed by atoms with E-state index in [0.29, 0.717) is 31.9 Å². The molecule has 23 heavy (non-hydrogen) atoms. The maximum Gasteiger partial charge on any atom is 0.325 e. The lowest BCUT2D eigenvalue weighted by molar-refractivity contribution is -0.141. The molecule has 1 fully saturated rings. The molecule has 0 aromatic heterocycles. The van der Waals surface area contributed by atoms with E-state index in [0.717, 1.165) is 5.69 Å². The summed E-state index contributed by atoms with van der Waals surface area (Å²) < 4.78 is 24.3. The van der Waals surface area contributed by atoms with Crippen LogP contribution in [0.2, 0.25) is 0 Å². The van der Waals surface area contributed by atoms with Gasteiger partial charge in [0.25, 0.3) is 5.91 Å². The summed E-state index contributed by atoms with van der Waals surface area (Å²) >= 11 is 0. The zero-order valence-electron chi connectivity index (χ0n) is 13.4. The van der Waals surface area contributed by atoms with Crippen LogP contribution in [0.1, 0.15) is 22.8 Å². The summed E-state index contributed by atoms with van der Waals surface area (Å²) in [6.45, 7) is 5.87. The van der Waals surface area contributed by atoms with Gasteiger partial charge >= 0.3 is 5.97 Å². The third-order valence-electron chi connectivity index (χ3n) is 3.57. The highest BCUT2D eigenvalue weighted by atomic mass is 19.1. The maximum absolute atomic E-state index is 14.4. The van der Waals surface area contributed by atoms with E-state index in [2.05, 4.69) is 5.32 Å². The van der Waals surface area contributed by atoms with Crippen LogP contribution in [0, 0.1) is 12.7 Å². The summed E-state index contributed by atoms with van der Waals surface area (Å²) in [6.07, 6.45) is 0. The molecule has 0 saturated carbocycles. The molecule has 1 aromatic carbocycles. The first-order valence-corrected chi connectivity index (χ1v) is 7.59. The maximum atomic E-state index is 14.4. The topological polar surface area (TPSA) is 67.9 Å². The number of rotatable bonds is 5. The summed E-state index contributed by atoms with van der Waals surface area (Å²) in [5.41, 5.74) is 1.20. The number of hydrogen-bond acceptors (Lipinski definition) is 5. The molecule has 0 bridgehead atoms. The molecule has 1 N–H and O–H groups in total. The van der Waals surface area contributed by atoms with Crippen molar-refractivity contribution in [2.24, 2.45) is 0 Å². The Morgan fingerprint density at radius 2 is 2.04 bits per heavy atom. The van der Waals surface area contributed by atoms with E-state index < -0.39 is 17.7 Å². The van der Waals surface area contributed by atoms with Crippen molar-refractivity contribution < 1.29 is 23.5 Å². The fraction of sp³-hybridized carbons (Fsp3) is 0.500. The molecule has 0 spiro atoms. The summed E-state index contributed by atoms with van der Waals surface area (Å²) in [5.74, 6) is -1.78. The number of esters is 1. The Bertz CT molecular complexity index is 562. The van der Waals surface area contributed by atoms with Crippen LogP contribution in [0.4, 0.5) is 10.1 Å². The molecule has 0 atom stereocenters. The lowest BCUT2D eigenvalue weighted by Crippen LogP contribution is -2.36. The van der Waals surface area contributed by atoms with Crippen molar-refractivity contribution in [1.82, 2.24) is 5.32 Å². The van der Waals surface area contributed by atoms with Gasteiger partial charge in [-0.05, 0) is 31.5 Å². The standard InChI is InChI=1S/C16H21FN2O4/c1-3-23-14(20)10-18-16(21)15-11(2)8-12(9-13(15)17)19-4-6-22-7-5-19/h8-9H,3-7,10H2,1-2H3,(H,18,21). The van der Waals surface area contributed by atoms with Crippen LogP contribution in [0.15, 0.2) is 12.1 Å². The van der Waals surface area contributed by atoms with Gasteiger partial charge in [-0.15, -0.1) is 0 Å². The number of nitrogens with one attached hydrogen (secondary N) is 1. The van der Waals surface area contributed by atoms with Gasteiger partial charge in [0.05, 0.1) is 25.4 Å². The number of amides is 1. The van der Waals surface area contributed by atoms with E-state index in [-0.39, 0.29) is 18.7 Å². The first kappa shape index (κ1) is 17.2. The number of ether oxygens (including phenoxy) is 2. The number of carbonyl (C=O) groups is 2. The Morgan fingerprint density at radius 3 is 2.65 bits per heavy atom. The molecule has 0 radical (unpaired) electrons. The van der Waals surface area contributed by atoms with Gasteiger partial charge in [0, 0.05) is 18.8 Å². The normalized spacial score (nSPS) is 14.5. The molecule has 6 nitrogen and oxygen atoms in total. The van der Waals surface area contributed by atoms with Gasteiger partial charge in [-0.1, -0.05) is 0 Å². The number of halogens is 1. The molecule has 126 valence electrons. The molecule has 7 heteroatoms. The summed E-state index contributed by atoms with van der Waals surface area (Å²) in [4.78, 5) is 25.4. The summed E-state index contributed by atoms with van der Waals surface area (Å²) in [7, 11) is 0. The Balaban J connectivity index is 2.10. The van der Waals surface area contributed by atoms with Crippen LogP contribution in [0.25, 0.3) is 0 Å². The second kappa shape index (κ2) is 7.92. The van der Waals surface area contributed by atoms with E-state index in [9.17, 15) is 14.0 Å². The van der Waals surface area contributed by atoms with Crippen molar-refractivity contribution in [2.45, 2.75) is 13.8 Å². The molecular weight excluding hydrogens is 303 g/mol. The van der Waals surface area contributed by atoms with E-state index in [1.54, 1.807) is 19.9 Å². The Hall–Kier alpha value is -2.15. The van der Waals surface area contributed by atoms with E-state index >= 15 is 0 Å². The van der Waals surface area contributed by atoms with Gasteiger partial charge in [0.1, 0.15) is 12.4 Å². The average Bonchev–Trinajstić information content (AvgIpc) is 2.53. The van der Waals surface area contributed by atoms with Gasteiger partial charge in [-0.2, -0.15) is 0 Å². The highest BCUT2D eigenvalue weighted by Gasteiger charge is 2.20. The lowest BCUT2D eigenvalue weighted by atomic mass is 10.1. The van der Waals surface area contributed by atoms with Crippen molar-refractivity contribution >= 4 is 17.6 Å². The molecule has 1 amide bonds. The minimum absolute atomic E-state index is 0.0497. The van der Waals surface area contributed by atoms with Crippen LogP contribution in [-0.4, -0.2) is 51.3 Å². The Kier molecular flexibility index (Phi) is 5.92. The molecular formula is C16H21FN2O4. The van der Waals surface area contributed by atoms with Crippen LogP contribution >= 0.6 is 0 Å². The third kappa shape index (κ3) is 4.41. The monoisotopic (exact) mass is 324 g/mol. The van der Waals surface area contributed by atoms with E-state index in [1.165, 1.54) is 6.07 Å². The molecule has 1 aliphatic rings. The molecule has 2 rings (SSSR count).